The van der Waals surface area contributed by atoms with E-state index in [0.29, 0.717) is 0 Å². The van der Waals surface area contributed by atoms with Crippen molar-refractivity contribution in [2.45, 2.75) is 5.92 Å². The van der Waals surface area contributed by atoms with E-state index in [0.717, 1.165) is 11.0 Å². The van der Waals surface area contributed by atoms with Crippen molar-refractivity contribution in [1.29, 1.82) is 0 Å². The smallest absolute Gasteiger partial charge is 0.318 e. The van der Waals surface area contributed by atoms with E-state index in [1.165, 1.54) is 7.05 Å². The Morgan fingerprint density at radius 1 is 1.73 bits per heavy atom. The molecule has 1 aromatic heterocycles. The summed E-state index contributed by atoms with van der Waals surface area (Å²) in [4.78, 5) is 3.38. The Balaban J connectivity index is 3.00. The first-order valence-electron chi connectivity index (χ1n) is 3.00. The van der Waals surface area contributed by atoms with Crippen LogP contribution in [0.3, 0.4) is 0 Å². The maximum atomic E-state index is 12.7. The maximum Gasteiger partial charge on any atom is 0.318 e. The van der Waals surface area contributed by atoms with E-state index >= 15 is 0 Å². The lowest BCUT2D eigenvalue weighted by Gasteiger charge is -2.11. The molecule has 6 heteroatoms. The number of hydrogen-bond donors (Lipinski definition) is 1. The van der Waals surface area contributed by atoms with Crippen molar-refractivity contribution in [2.75, 3.05) is 6.54 Å². The van der Waals surface area contributed by atoms with Crippen LogP contribution in [0.4, 0.5) is 8.78 Å². The van der Waals surface area contributed by atoms with Gasteiger partial charge in [-0.1, -0.05) is 0 Å². The third-order valence-electron chi connectivity index (χ3n) is 1.29. The van der Waals surface area contributed by atoms with E-state index in [-0.39, 0.29) is 0 Å². The highest BCUT2D eigenvalue weighted by molar-refractivity contribution is 4.95. The van der Waals surface area contributed by atoms with E-state index in [4.69, 9.17) is 5.73 Å². The largest absolute Gasteiger partial charge is 0.325 e. The molecule has 2 N–H and O–H groups in total. The zero-order chi connectivity index (χ0) is 8.48. The first kappa shape index (κ1) is 8.06. The number of rotatable bonds is 2. The van der Waals surface area contributed by atoms with Crippen molar-refractivity contribution in [3.8, 4) is 0 Å². The molecule has 0 bridgehead atoms. The van der Waals surface area contributed by atoms with Gasteiger partial charge in [-0.3, -0.25) is 0 Å². The highest BCUT2D eigenvalue weighted by Crippen LogP contribution is 2.22. The van der Waals surface area contributed by atoms with Crippen molar-refractivity contribution < 1.29 is 8.78 Å². The fourth-order valence-corrected chi connectivity index (χ4v) is 0.719. The lowest BCUT2D eigenvalue weighted by molar-refractivity contribution is -0.00699. The SMILES string of the molecule is Cn1ncnc1C(F)(F)CN. The minimum Gasteiger partial charge on any atom is -0.325 e. The van der Waals surface area contributed by atoms with Crippen LogP contribution in [0.15, 0.2) is 6.33 Å². The average Bonchev–Trinajstić information content (AvgIpc) is 2.36. The molecule has 0 saturated heterocycles. The molecule has 11 heavy (non-hydrogen) atoms. The van der Waals surface area contributed by atoms with Crippen LogP contribution in [0.5, 0.6) is 0 Å². The Bertz CT molecular complexity index is 244. The third-order valence-corrected chi connectivity index (χ3v) is 1.29. The average molecular weight is 162 g/mol. The Hall–Kier alpha value is -1.04. The Morgan fingerprint density at radius 3 is 2.73 bits per heavy atom. The van der Waals surface area contributed by atoms with Crippen LogP contribution in [-0.2, 0) is 13.0 Å². The summed E-state index contributed by atoms with van der Waals surface area (Å²) in [5, 5.41) is 3.50. The molecule has 0 aliphatic rings. The summed E-state index contributed by atoms with van der Waals surface area (Å²) < 4.78 is 26.5. The molecule has 0 atom stereocenters. The van der Waals surface area contributed by atoms with Gasteiger partial charge in [-0.2, -0.15) is 13.9 Å². The summed E-state index contributed by atoms with van der Waals surface area (Å²) >= 11 is 0. The first-order valence-corrected chi connectivity index (χ1v) is 3.00. The minimum atomic E-state index is -3.08. The molecule has 0 saturated carbocycles. The molecule has 0 unspecified atom stereocenters. The predicted molar refractivity (Wildman–Crippen MR) is 34.0 cm³/mol. The Kier molecular flexibility index (Phi) is 1.86. The topological polar surface area (TPSA) is 56.7 Å². The molecule has 0 fully saturated rings. The molecule has 1 rings (SSSR count). The van der Waals surface area contributed by atoms with Crippen molar-refractivity contribution in [3.05, 3.63) is 12.2 Å². The van der Waals surface area contributed by atoms with Gasteiger partial charge < -0.3 is 5.73 Å². The number of nitrogens with two attached hydrogens (primary N) is 1. The van der Waals surface area contributed by atoms with Crippen LogP contribution in [-0.4, -0.2) is 21.3 Å². The molecule has 0 spiro atoms. The molecule has 0 aliphatic carbocycles. The molecular formula is C5H8F2N4. The van der Waals surface area contributed by atoms with Gasteiger partial charge >= 0.3 is 5.92 Å². The molecule has 0 amide bonds. The second-order valence-electron chi connectivity index (χ2n) is 2.12. The predicted octanol–water partition coefficient (Wildman–Crippen LogP) is -0.134. The number of halogens is 2. The van der Waals surface area contributed by atoms with Crippen molar-refractivity contribution in [1.82, 2.24) is 14.8 Å². The first-order chi connectivity index (χ1) is 5.08. The second-order valence-corrected chi connectivity index (χ2v) is 2.12. The summed E-state index contributed by atoms with van der Waals surface area (Å²) in [6.45, 7) is -0.750. The number of hydrogen-bond acceptors (Lipinski definition) is 3. The normalized spacial score (nSPS) is 12.0. The molecule has 0 aliphatic heterocycles. The van der Waals surface area contributed by atoms with Gasteiger partial charge in [0.05, 0.1) is 6.54 Å². The minimum absolute atomic E-state index is 0.403. The summed E-state index contributed by atoms with van der Waals surface area (Å²) in [7, 11) is 1.39. The van der Waals surface area contributed by atoms with E-state index in [2.05, 4.69) is 10.1 Å². The summed E-state index contributed by atoms with van der Waals surface area (Å²) in [5.41, 5.74) is 4.84. The fourth-order valence-electron chi connectivity index (χ4n) is 0.719. The van der Waals surface area contributed by atoms with Crippen LogP contribution >= 0.6 is 0 Å². The molecular weight excluding hydrogens is 154 g/mol. The van der Waals surface area contributed by atoms with Gasteiger partial charge in [0.15, 0.2) is 5.82 Å². The zero-order valence-electron chi connectivity index (χ0n) is 5.96. The second kappa shape index (κ2) is 2.54. The van der Waals surface area contributed by atoms with Crippen LogP contribution in [0.25, 0.3) is 0 Å². The fraction of sp³-hybridized carbons (Fsp3) is 0.600. The summed E-state index contributed by atoms with van der Waals surface area (Å²) in [6, 6.07) is 0. The lowest BCUT2D eigenvalue weighted by atomic mass is 10.3. The highest BCUT2D eigenvalue weighted by Gasteiger charge is 2.34. The molecule has 0 radical (unpaired) electrons. The van der Waals surface area contributed by atoms with E-state index in [1.54, 1.807) is 0 Å². The molecule has 1 heterocycles. The van der Waals surface area contributed by atoms with Crippen LogP contribution in [0.1, 0.15) is 5.82 Å². The van der Waals surface area contributed by atoms with Gasteiger partial charge in [0.1, 0.15) is 6.33 Å². The summed E-state index contributed by atoms with van der Waals surface area (Å²) in [5.74, 6) is -3.48. The Labute approximate surface area is 62.0 Å². The molecule has 4 nitrogen and oxygen atoms in total. The van der Waals surface area contributed by atoms with E-state index in [9.17, 15) is 8.78 Å². The standard InChI is InChI=1S/C5H8F2N4/c1-11-4(9-3-10-11)5(6,7)2-8/h3H,2,8H2,1H3. The lowest BCUT2D eigenvalue weighted by Crippen LogP contribution is -2.28. The van der Waals surface area contributed by atoms with Crippen molar-refractivity contribution in [2.24, 2.45) is 12.8 Å². The number of aromatic nitrogens is 3. The van der Waals surface area contributed by atoms with E-state index in [1.807, 2.05) is 0 Å². The highest BCUT2D eigenvalue weighted by atomic mass is 19.3. The van der Waals surface area contributed by atoms with Crippen LogP contribution in [0.2, 0.25) is 0 Å². The quantitative estimate of drug-likeness (QED) is 0.658. The molecule has 1 aromatic rings. The third kappa shape index (κ3) is 1.35. The van der Waals surface area contributed by atoms with Gasteiger partial charge in [0.25, 0.3) is 0 Å². The molecule has 0 aromatic carbocycles. The number of aryl methyl sites for hydroxylation is 1. The Morgan fingerprint density at radius 2 is 2.36 bits per heavy atom. The van der Waals surface area contributed by atoms with Gasteiger partial charge in [-0.25, -0.2) is 9.67 Å². The van der Waals surface area contributed by atoms with Crippen LogP contribution < -0.4 is 5.73 Å². The van der Waals surface area contributed by atoms with Gasteiger partial charge in [0.2, 0.25) is 0 Å². The summed E-state index contributed by atoms with van der Waals surface area (Å²) in [6.07, 6.45) is 1.07. The molecule has 62 valence electrons. The van der Waals surface area contributed by atoms with Gasteiger partial charge in [0, 0.05) is 7.05 Å². The van der Waals surface area contributed by atoms with E-state index < -0.39 is 18.3 Å². The number of alkyl halides is 2. The van der Waals surface area contributed by atoms with Crippen molar-refractivity contribution in [3.63, 3.8) is 0 Å². The number of nitrogens with zero attached hydrogens (tertiary/aromatic N) is 3. The maximum absolute atomic E-state index is 12.7. The monoisotopic (exact) mass is 162 g/mol. The van der Waals surface area contributed by atoms with Gasteiger partial charge in [-0.15, -0.1) is 0 Å². The van der Waals surface area contributed by atoms with Crippen molar-refractivity contribution >= 4 is 0 Å². The van der Waals surface area contributed by atoms with Crippen LogP contribution in [0, 0.1) is 0 Å². The zero-order valence-corrected chi connectivity index (χ0v) is 5.96. The van der Waals surface area contributed by atoms with Gasteiger partial charge in [-0.05, 0) is 0 Å².